The van der Waals surface area contributed by atoms with Crippen LogP contribution in [-0.2, 0) is 4.79 Å². The van der Waals surface area contributed by atoms with E-state index in [1.54, 1.807) is 0 Å². The molecule has 0 aromatic heterocycles. The molecule has 0 saturated carbocycles. The standard InChI is InChI=1S/C11H11F2N3O6/c12-10(13)22-8-2-1-6(16(20)21)5-7(8)15-11(19)14-4-3-9(17)18/h1-2,5,10H,3-4H2,(H,17,18)(H2,14,15,19). The first kappa shape index (κ1) is 17.1. The Bertz CT molecular complexity index is 581. The summed E-state index contributed by atoms with van der Waals surface area (Å²) in [6.07, 6.45) is -0.344. The summed E-state index contributed by atoms with van der Waals surface area (Å²) < 4.78 is 28.6. The Morgan fingerprint density at radius 1 is 1.41 bits per heavy atom. The van der Waals surface area contributed by atoms with Gasteiger partial charge in [0.1, 0.15) is 5.75 Å². The number of aliphatic carboxylic acids is 1. The van der Waals surface area contributed by atoms with Crippen molar-refractivity contribution in [2.75, 3.05) is 11.9 Å². The Labute approximate surface area is 122 Å². The van der Waals surface area contributed by atoms with Crippen LogP contribution in [0.5, 0.6) is 5.75 Å². The molecule has 0 saturated heterocycles. The number of nitrogens with one attached hydrogen (secondary N) is 2. The first-order valence-electron chi connectivity index (χ1n) is 5.79. The van der Waals surface area contributed by atoms with Gasteiger partial charge in [-0.2, -0.15) is 8.78 Å². The molecule has 0 fully saturated rings. The number of amides is 2. The molecule has 0 unspecified atom stereocenters. The largest absolute Gasteiger partial charge is 0.481 e. The molecule has 0 heterocycles. The minimum atomic E-state index is -3.18. The van der Waals surface area contributed by atoms with Gasteiger partial charge in [0.05, 0.1) is 17.0 Å². The van der Waals surface area contributed by atoms with Gasteiger partial charge < -0.3 is 20.5 Å². The van der Waals surface area contributed by atoms with Crippen LogP contribution in [0, 0.1) is 10.1 Å². The Hall–Kier alpha value is -2.98. The maximum absolute atomic E-state index is 12.2. The van der Waals surface area contributed by atoms with Crippen LogP contribution in [0.25, 0.3) is 0 Å². The Balaban J connectivity index is 2.84. The molecular formula is C11H11F2N3O6. The Kier molecular flexibility index (Phi) is 5.98. The van der Waals surface area contributed by atoms with E-state index in [4.69, 9.17) is 5.11 Å². The summed E-state index contributed by atoms with van der Waals surface area (Å²) in [5, 5.41) is 23.3. The van der Waals surface area contributed by atoms with Crippen molar-refractivity contribution in [1.82, 2.24) is 5.32 Å². The quantitative estimate of drug-likeness (QED) is 0.518. The number of carboxylic acids is 1. The van der Waals surface area contributed by atoms with Crippen molar-refractivity contribution in [2.24, 2.45) is 0 Å². The van der Waals surface area contributed by atoms with E-state index in [0.29, 0.717) is 0 Å². The number of urea groups is 1. The van der Waals surface area contributed by atoms with Crippen molar-refractivity contribution in [3.05, 3.63) is 28.3 Å². The fourth-order valence-corrected chi connectivity index (χ4v) is 1.38. The molecule has 2 amide bonds. The molecule has 0 spiro atoms. The van der Waals surface area contributed by atoms with E-state index in [1.807, 2.05) is 0 Å². The smallest absolute Gasteiger partial charge is 0.387 e. The van der Waals surface area contributed by atoms with E-state index in [2.05, 4.69) is 15.4 Å². The number of non-ortho nitro benzene ring substituents is 1. The summed E-state index contributed by atoms with van der Waals surface area (Å²) in [4.78, 5) is 31.6. The molecule has 0 aliphatic heterocycles. The van der Waals surface area contributed by atoms with Crippen molar-refractivity contribution in [1.29, 1.82) is 0 Å². The molecule has 1 aromatic carbocycles. The number of nitro groups is 1. The van der Waals surface area contributed by atoms with E-state index in [0.717, 1.165) is 18.2 Å². The number of anilines is 1. The Morgan fingerprint density at radius 2 is 2.09 bits per heavy atom. The number of carbonyl (C=O) groups is 2. The third kappa shape index (κ3) is 5.56. The predicted molar refractivity (Wildman–Crippen MR) is 69.0 cm³/mol. The van der Waals surface area contributed by atoms with Crippen molar-refractivity contribution >= 4 is 23.4 Å². The summed E-state index contributed by atoms with van der Waals surface area (Å²) in [5.74, 6) is -1.61. The molecule has 22 heavy (non-hydrogen) atoms. The van der Waals surface area contributed by atoms with Crippen LogP contribution in [0.4, 0.5) is 25.0 Å². The van der Waals surface area contributed by atoms with Gasteiger partial charge in [-0.1, -0.05) is 0 Å². The minimum Gasteiger partial charge on any atom is -0.481 e. The lowest BCUT2D eigenvalue weighted by Crippen LogP contribution is -2.30. The van der Waals surface area contributed by atoms with Gasteiger partial charge in [0.2, 0.25) is 0 Å². The van der Waals surface area contributed by atoms with Gasteiger partial charge in [-0.15, -0.1) is 0 Å². The SMILES string of the molecule is O=C(O)CCNC(=O)Nc1cc([N+](=O)[O-])ccc1OC(F)F. The number of rotatable bonds is 7. The van der Waals surface area contributed by atoms with Crippen LogP contribution >= 0.6 is 0 Å². The van der Waals surface area contributed by atoms with E-state index < -0.39 is 35.0 Å². The van der Waals surface area contributed by atoms with Gasteiger partial charge in [-0.3, -0.25) is 14.9 Å². The van der Waals surface area contributed by atoms with Crippen molar-refractivity contribution in [3.8, 4) is 5.75 Å². The number of hydrogen-bond acceptors (Lipinski definition) is 5. The molecule has 1 aromatic rings. The van der Waals surface area contributed by atoms with Crippen molar-refractivity contribution in [3.63, 3.8) is 0 Å². The highest BCUT2D eigenvalue weighted by molar-refractivity contribution is 5.91. The lowest BCUT2D eigenvalue weighted by molar-refractivity contribution is -0.384. The van der Waals surface area contributed by atoms with Crippen LogP contribution in [0.15, 0.2) is 18.2 Å². The summed E-state index contributed by atoms with van der Waals surface area (Å²) in [7, 11) is 0. The summed E-state index contributed by atoms with van der Waals surface area (Å²) in [5.41, 5.74) is -0.787. The van der Waals surface area contributed by atoms with Crippen LogP contribution < -0.4 is 15.4 Å². The van der Waals surface area contributed by atoms with Gasteiger partial charge in [0.25, 0.3) is 5.69 Å². The number of halogens is 2. The Morgan fingerprint density at radius 3 is 2.64 bits per heavy atom. The number of nitro benzene ring substituents is 1. The fourth-order valence-electron chi connectivity index (χ4n) is 1.38. The number of carboxylic acid groups (broad SMARTS) is 1. The molecule has 9 nitrogen and oxygen atoms in total. The number of benzene rings is 1. The highest BCUT2D eigenvalue weighted by Crippen LogP contribution is 2.30. The topological polar surface area (TPSA) is 131 Å². The van der Waals surface area contributed by atoms with E-state index in [-0.39, 0.29) is 18.7 Å². The second kappa shape index (κ2) is 7.71. The molecule has 0 aliphatic carbocycles. The summed E-state index contributed by atoms with van der Waals surface area (Å²) in [6, 6.07) is 1.78. The van der Waals surface area contributed by atoms with Crippen LogP contribution in [0.3, 0.4) is 0 Å². The summed E-state index contributed by atoms with van der Waals surface area (Å²) in [6.45, 7) is -3.39. The zero-order valence-corrected chi connectivity index (χ0v) is 10.9. The average molecular weight is 319 g/mol. The van der Waals surface area contributed by atoms with E-state index in [1.165, 1.54) is 0 Å². The summed E-state index contributed by atoms with van der Waals surface area (Å²) >= 11 is 0. The minimum absolute atomic E-state index is 0.207. The van der Waals surface area contributed by atoms with Crippen LogP contribution in [0.1, 0.15) is 6.42 Å². The van der Waals surface area contributed by atoms with Gasteiger partial charge >= 0.3 is 18.6 Å². The second-order valence-corrected chi connectivity index (χ2v) is 3.84. The molecule has 3 N–H and O–H groups in total. The van der Waals surface area contributed by atoms with Crippen molar-refractivity contribution in [2.45, 2.75) is 13.0 Å². The maximum atomic E-state index is 12.2. The maximum Gasteiger partial charge on any atom is 0.387 e. The van der Waals surface area contributed by atoms with Gasteiger partial charge in [0.15, 0.2) is 0 Å². The highest BCUT2D eigenvalue weighted by Gasteiger charge is 2.16. The van der Waals surface area contributed by atoms with Crippen LogP contribution in [-0.4, -0.2) is 35.2 Å². The third-order valence-electron chi connectivity index (χ3n) is 2.26. The molecule has 0 radical (unpaired) electrons. The fraction of sp³-hybridized carbons (Fsp3) is 0.273. The molecular weight excluding hydrogens is 308 g/mol. The third-order valence-corrected chi connectivity index (χ3v) is 2.26. The lowest BCUT2D eigenvalue weighted by Gasteiger charge is -2.12. The first-order chi connectivity index (χ1) is 10.3. The number of hydrogen-bond donors (Lipinski definition) is 3. The predicted octanol–water partition coefficient (Wildman–Crippen LogP) is 1.79. The number of carbonyl (C=O) groups excluding carboxylic acids is 1. The molecule has 0 aliphatic rings. The van der Waals surface area contributed by atoms with Gasteiger partial charge in [-0.05, 0) is 6.07 Å². The molecule has 11 heteroatoms. The number of ether oxygens (including phenoxy) is 1. The normalized spacial score (nSPS) is 10.1. The zero-order valence-electron chi connectivity index (χ0n) is 10.9. The van der Waals surface area contributed by atoms with Gasteiger partial charge in [-0.25, -0.2) is 4.79 Å². The van der Waals surface area contributed by atoms with Crippen LogP contribution in [0.2, 0.25) is 0 Å². The first-order valence-corrected chi connectivity index (χ1v) is 5.79. The van der Waals surface area contributed by atoms with Gasteiger partial charge in [0, 0.05) is 18.7 Å². The van der Waals surface area contributed by atoms with E-state index >= 15 is 0 Å². The zero-order chi connectivity index (χ0) is 16.7. The molecule has 0 atom stereocenters. The molecule has 0 bridgehead atoms. The average Bonchev–Trinajstić information content (AvgIpc) is 2.39. The second-order valence-electron chi connectivity index (χ2n) is 3.84. The lowest BCUT2D eigenvalue weighted by atomic mass is 10.2. The molecule has 1 rings (SSSR count). The number of alkyl halides is 2. The monoisotopic (exact) mass is 319 g/mol. The molecule has 120 valence electrons. The highest BCUT2D eigenvalue weighted by atomic mass is 19.3. The number of nitrogens with zero attached hydrogens (tertiary/aromatic N) is 1. The van der Waals surface area contributed by atoms with Crippen molar-refractivity contribution < 1.29 is 33.1 Å². The van der Waals surface area contributed by atoms with E-state index in [9.17, 15) is 28.5 Å².